The van der Waals surface area contributed by atoms with Crippen LogP contribution >= 0.6 is 0 Å². The molecule has 0 aromatic rings. The monoisotopic (exact) mass is 345 g/mol. The number of primary amides is 1. The van der Waals surface area contributed by atoms with Crippen molar-refractivity contribution in [2.75, 3.05) is 25.4 Å². The topological polar surface area (TPSA) is 110 Å². The Hall–Kier alpha value is -1.15. The minimum absolute atomic E-state index is 0.0420. The van der Waals surface area contributed by atoms with Gasteiger partial charge in [0.15, 0.2) is 9.84 Å². The molecule has 1 saturated heterocycles. The van der Waals surface area contributed by atoms with Crippen LogP contribution in [0.4, 0.5) is 0 Å². The summed E-state index contributed by atoms with van der Waals surface area (Å²) < 4.78 is 24.3. The zero-order valence-electron chi connectivity index (χ0n) is 13.5. The first-order valence-corrected chi connectivity index (χ1v) is 10.1. The van der Waals surface area contributed by atoms with Gasteiger partial charge in [-0.1, -0.05) is 12.8 Å². The highest BCUT2D eigenvalue weighted by Crippen LogP contribution is 2.25. The Labute approximate surface area is 137 Å². The molecule has 2 aliphatic rings. The van der Waals surface area contributed by atoms with E-state index >= 15 is 0 Å². The van der Waals surface area contributed by atoms with E-state index in [1.54, 1.807) is 0 Å². The molecule has 1 aliphatic carbocycles. The minimum atomic E-state index is -3.14. The van der Waals surface area contributed by atoms with Gasteiger partial charge in [-0.15, -0.1) is 0 Å². The predicted octanol–water partition coefficient (Wildman–Crippen LogP) is -0.200. The molecule has 23 heavy (non-hydrogen) atoms. The average Bonchev–Trinajstić information content (AvgIpc) is 3.02. The first-order valence-electron chi connectivity index (χ1n) is 8.38. The number of amides is 2. The number of nitrogens with zero attached hydrogens (tertiary/aromatic N) is 1. The number of rotatable bonds is 7. The van der Waals surface area contributed by atoms with Gasteiger partial charge < -0.3 is 11.1 Å². The van der Waals surface area contributed by atoms with Crippen molar-refractivity contribution in [1.82, 2.24) is 10.2 Å². The van der Waals surface area contributed by atoms with Gasteiger partial charge in [0, 0.05) is 25.6 Å². The Morgan fingerprint density at radius 1 is 1.09 bits per heavy atom. The molecule has 0 bridgehead atoms. The Balaban J connectivity index is 1.68. The summed E-state index contributed by atoms with van der Waals surface area (Å²) in [4.78, 5) is 24.8. The maximum atomic E-state index is 12.1. The number of nitrogens with two attached hydrogens (primary N) is 1. The smallest absolute Gasteiger partial charge is 0.231 e. The normalized spacial score (nSPS) is 21.4. The van der Waals surface area contributed by atoms with E-state index < -0.39 is 9.84 Å². The fourth-order valence-corrected chi connectivity index (χ4v) is 5.26. The van der Waals surface area contributed by atoms with E-state index in [1.165, 1.54) is 0 Å². The lowest BCUT2D eigenvalue weighted by atomic mass is 10.0. The number of hydrogen-bond acceptors (Lipinski definition) is 5. The fraction of sp³-hybridized carbons (Fsp3) is 0.867. The lowest BCUT2D eigenvalue weighted by molar-refractivity contribution is -0.122. The van der Waals surface area contributed by atoms with Crippen LogP contribution in [0.15, 0.2) is 0 Å². The average molecular weight is 345 g/mol. The summed E-state index contributed by atoms with van der Waals surface area (Å²) in [5, 5.41) is 2.67. The molecule has 132 valence electrons. The lowest BCUT2D eigenvalue weighted by Crippen LogP contribution is -2.47. The SMILES string of the molecule is NC(=O)CN1CCC(NC(=O)CCS(=O)(=O)C2CCCC2)CC1. The van der Waals surface area contributed by atoms with Crippen LogP contribution in [0.3, 0.4) is 0 Å². The van der Waals surface area contributed by atoms with Crippen molar-refractivity contribution in [3.63, 3.8) is 0 Å². The first-order chi connectivity index (χ1) is 10.9. The summed E-state index contributed by atoms with van der Waals surface area (Å²) >= 11 is 0. The van der Waals surface area contributed by atoms with E-state index in [4.69, 9.17) is 5.73 Å². The van der Waals surface area contributed by atoms with Crippen LogP contribution in [0.5, 0.6) is 0 Å². The van der Waals surface area contributed by atoms with E-state index in [-0.39, 0.29) is 41.8 Å². The molecule has 8 heteroatoms. The van der Waals surface area contributed by atoms with Gasteiger partial charge in [0.05, 0.1) is 17.5 Å². The third-order valence-corrected chi connectivity index (χ3v) is 7.02. The highest BCUT2D eigenvalue weighted by atomic mass is 32.2. The summed E-state index contributed by atoms with van der Waals surface area (Å²) in [5.41, 5.74) is 5.16. The molecular formula is C15H27N3O4S. The van der Waals surface area contributed by atoms with E-state index in [1.807, 2.05) is 4.90 Å². The largest absolute Gasteiger partial charge is 0.369 e. The molecular weight excluding hydrogens is 318 g/mol. The molecule has 1 aliphatic heterocycles. The second-order valence-electron chi connectivity index (χ2n) is 6.61. The van der Waals surface area contributed by atoms with Crippen LogP contribution in [-0.2, 0) is 19.4 Å². The third kappa shape index (κ3) is 5.76. The van der Waals surface area contributed by atoms with Crippen molar-refractivity contribution in [3.05, 3.63) is 0 Å². The minimum Gasteiger partial charge on any atom is -0.369 e. The molecule has 1 saturated carbocycles. The molecule has 0 spiro atoms. The van der Waals surface area contributed by atoms with Crippen LogP contribution in [0.25, 0.3) is 0 Å². The molecule has 2 fully saturated rings. The Morgan fingerprint density at radius 2 is 1.70 bits per heavy atom. The molecule has 7 nitrogen and oxygen atoms in total. The van der Waals surface area contributed by atoms with Gasteiger partial charge in [-0.25, -0.2) is 8.42 Å². The highest BCUT2D eigenvalue weighted by molar-refractivity contribution is 7.92. The van der Waals surface area contributed by atoms with Crippen LogP contribution in [0, 0.1) is 0 Å². The fourth-order valence-electron chi connectivity index (χ4n) is 3.40. The standard InChI is InChI=1S/C15H27N3O4S/c16-14(19)11-18-8-5-12(6-9-18)17-15(20)7-10-23(21,22)13-3-1-2-4-13/h12-13H,1-11H2,(H2,16,19)(H,17,20). The number of sulfone groups is 1. The third-order valence-electron chi connectivity index (χ3n) is 4.76. The van der Waals surface area contributed by atoms with Crippen molar-refractivity contribution < 1.29 is 18.0 Å². The molecule has 0 atom stereocenters. The lowest BCUT2D eigenvalue weighted by Gasteiger charge is -2.31. The molecule has 0 unspecified atom stereocenters. The molecule has 0 aromatic heterocycles. The Morgan fingerprint density at radius 3 is 2.26 bits per heavy atom. The van der Waals surface area contributed by atoms with Gasteiger partial charge in [0.25, 0.3) is 0 Å². The number of nitrogens with one attached hydrogen (secondary N) is 1. The van der Waals surface area contributed by atoms with E-state index in [0.717, 1.165) is 38.5 Å². The van der Waals surface area contributed by atoms with Crippen molar-refractivity contribution in [2.45, 2.75) is 56.2 Å². The summed E-state index contributed by atoms with van der Waals surface area (Å²) in [6, 6.07) is 0.0563. The first kappa shape index (κ1) is 18.2. The molecule has 0 radical (unpaired) electrons. The molecule has 2 rings (SSSR count). The van der Waals surface area contributed by atoms with Crippen LogP contribution in [-0.4, -0.2) is 61.8 Å². The summed E-state index contributed by atoms with van der Waals surface area (Å²) in [5.74, 6) is -0.589. The zero-order chi connectivity index (χ0) is 16.9. The van der Waals surface area contributed by atoms with Gasteiger partial charge >= 0.3 is 0 Å². The maximum absolute atomic E-state index is 12.1. The van der Waals surface area contributed by atoms with Gasteiger partial charge in [-0.2, -0.15) is 0 Å². The van der Waals surface area contributed by atoms with E-state index in [2.05, 4.69) is 5.32 Å². The van der Waals surface area contributed by atoms with Crippen molar-refractivity contribution in [3.8, 4) is 0 Å². The Kier molecular flexibility index (Phi) is 6.41. The van der Waals surface area contributed by atoms with Gasteiger partial charge in [-0.3, -0.25) is 14.5 Å². The van der Waals surface area contributed by atoms with Gasteiger partial charge in [0.2, 0.25) is 11.8 Å². The van der Waals surface area contributed by atoms with E-state index in [9.17, 15) is 18.0 Å². The summed E-state index contributed by atoms with van der Waals surface area (Å²) in [6.07, 6.45) is 4.98. The number of carbonyl (C=O) groups excluding carboxylic acids is 2. The second-order valence-corrected chi connectivity index (χ2v) is 9.01. The van der Waals surface area contributed by atoms with Gasteiger partial charge in [-0.05, 0) is 25.7 Å². The maximum Gasteiger partial charge on any atom is 0.231 e. The van der Waals surface area contributed by atoms with E-state index in [0.29, 0.717) is 13.1 Å². The molecule has 3 N–H and O–H groups in total. The van der Waals surface area contributed by atoms with Crippen LogP contribution in [0.1, 0.15) is 44.9 Å². The van der Waals surface area contributed by atoms with Crippen molar-refractivity contribution >= 4 is 21.7 Å². The second kappa shape index (κ2) is 8.10. The zero-order valence-corrected chi connectivity index (χ0v) is 14.3. The summed E-state index contributed by atoms with van der Waals surface area (Å²) in [7, 11) is -3.14. The van der Waals surface area contributed by atoms with Gasteiger partial charge in [0.1, 0.15) is 0 Å². The molecule has 2 amide bonds. The number of carbonyl (C=O) groups is 2. The Bertz CT molecular complexity index is 521. The van der Waals surface area contributed by atoms with Crippen molar-refractivity contribution in [2.24, 2.45) is 5.73 Å². The quantitative estimate of drug-likeness (QED) is 0.664. The van der Waals surface area contributed by atoms with Crippen LogP contribution < -0.4 is 11.1 Å². The molecule has 1 heterocycles. The van der Waals surface area contributed by atoms with Crippen LogP contribution in [0.2, 0.25) is 0 Å². The predicted molar refractivity (Wildman–Crippen MR) is 87.5 cm³/mol. The number of hydrogen-bond donors (Lipinski definition) is 2. The number of likely N-dealkylation sites (tertiary alicyclic amines) is 1. The molecule has 0 aromatic carbocycles. The van der Waals surface area contributed by atoms with Crippen molar-refractivity contribution in [1.29, 1.82) is 0 Å². The highest BCUT2D eigenvalue weighted by Gasteiger charge is 2.29. The summed E-state index contributed by atoms with van der Waals surface area (Å²) in [6.45, 7) is 1.68. The number of piperidine rings is 1.